The lowest BCUT2D eigenvalue weighted by Gasteiger charge is -2.16. The van der Waals surface area contributed by atoms with Gasteiger partial charge in [-0.3, -0.25) is 4.79 Å². The van der Waals surface area contributed by atoms with E-state index in [0.717, 1.165) is 25.7 Å². The van der Waals surface area contributed by atoms with Crippen LogP contribution < -0.4 is 10.3 Å². The molecule has 0 spiro atoms. The van der Waals surface area contributed by atoms with Gasteiger partial charge in [-0.25, -0.2) is 17.5 Å². The van der Waals surface area contributed by atoms with Gasteiger partial charge in [0.15, 0.2) is 0 Å². The highest BCUT2D eigenvalue weighted by atomic mass is 32.2. The van der Waals surface area contributed by atoms with Gasteiger partial charge in [-0.15, -0.1) is 0 Å². The Labute approximate surface area is 196 Å². The van der Waals surface area contributed by atoms with Crippen molar-refractivity contribution in [3.8, 4) is 22.3 Å². The Kier molecular flexibility index (Phi) is 5.61. The average Bonchev–Trinajstić information content (AvgIpc) is 3.42. The van der Waals surface area contributed by atoms with Crippen LogP contribution in [0, 0.1) is 19.7 Å². The first kappa shape index (κ1) is 22.5. The molecule has 2 aromatic carbocycles. The van der Waals surface area contributed by atoms with Gasteiger partial charge in [0.1, 0.15) is 11.6 Å². The van der Waals surface area contributed by atoms with E-state index in [1.165, 1.54) is 24.3 Å². The minimum Gasteiger partial charge on any atom is -0.361 e. The summed E-state index contributed by atoms with van der Waals surface area (Å²) in [5.74, 6) is 0.128. The highest BCUT2D eigenvalue weighted by molar-refractivity contribution is 7.89. The Balaban J connectivity index is 1.76. The number of rotatable bonds is 5. The Bertz CT molecular complexity index is 1530. The van der Waals surface area contributed by atoms with Gasteiger partial charge in [-0.2, -0.15) is 0 Å². The maximum absolute atomic E-state index is 13.6. The van der Waals surface area contributed by atoms with Crippen molar-refractivity contribution in [1.82, 2.24) is 14.9 Å². The SMILES string of the molecule is Cc1noc(C)c1-c1cc(S(=O)(=O)NC2CCCC2)c2cc(-c3ccc(F)cc3)c(=O)[nH]c2c1. The zero-order valence-corrected chi connectivity index (χ0v) is 19.6. The second-order valence-corrected chi connectivity index (χ2v) is 10.4. The third-order valence-corrected chi connectivity index (χ3v) is 7.93. The number of aromatic amines is 1. The summed E-state index contributed by atoms with van der Waals surface area (Å²) in [6, 6.07) is 10.3. The maximum atomic E-state index is 13.6. The van der Waals surface area contributed by atoms with Gasteiger partial charge in [0.2, 0.25) is 10.0 Å². The van der Waals surface area contributed by atoms with E-state index in [1.807, 2.05) is 0 Å². The molecule has 0 amide bonds. The number of nitrogens with zero attached hydrogens (tertiary/aromatic N) is 1. The Morgan fingerprint density at radius 2 is 1.76 bits per heavy atom. The van der Waals surface area contributed by atoms with Crippen molar-refractivity contribution in [2.24, 2.45) is 0 Å². The van der Waals surface area contributed by atoms with Crippen LogP contribution in [0.2, 0.25) is 0 Å². The summed E-state index contributed by atoms with van der Waals surface area (Å²) < 4.78 is 48.7. The van der Waals surface area contributed by atoms with Crippen LogP contribution in [0.15, 0.2) is 56.7 Å². The molecule has 2 aromatic heterocycles. The molecule has 1 saturated carbocycles. The summed E-state index contributed by atoms with van der Waals surface area (Å²) in [6.45, 7) is 3.53. The molecule has 0 bridgehead atoms. The van der Waals surface area contributed by atoms with Gasteiger partial charge in [0.25, 0.3) is 5.56 Å². The predicted molar refractivity (Wildman–Crippen MR) is 128 cm³/mol. The third-order valence-electron chi connectivity index (χ3n) is 6.37. The fraction of sp³-hybridized carbons (Fsp3) is 0.280. The van der Waals surface area contributed by atoms with Crippen LogP contribution in [0.3, 0.4) is 0 Å². The van der Waals surface area contributed by atoms with E-state index in [0.29, 0.717) is 39.0 Å². The highest BCUT2D eigenvalue weighted by Gasteiger charge is 2.27. The lowest BCUT2D eigenvalue weighted by atomic mass is 10.00. The predicted octanol–water partition coefficient (Wildman–Crippen LogP) is 4.83. The summed E-state index contributed by atoms with van der Waals surface area (Å²) in [5, 5.41) is 4.36. The van der Waals surface area contributed by atoms with Crippen LogP contribution in [-0.2, 0) is 10.0 Å². The minimum absolute atomic E-state index is 0.0616. The third kappa shape index (κ3) is 4.05. The van der Waals surface area contributed by atoms with Crippen molar-refractivity contribution in [2.75, 3.05) is 0 Å². The molecule has 0 saturated heterocycles. The smallest absolute Gasteiger partial charge is 0.256 e. The summed E-state index contributed by atoms with van der Waals surface area (Å²) in [5.41, 5.74) is 2.61. The highest BCUT2D eigenvalue weighted by Crippen LogP contribution is 2.34. The number of fused-ring (bicyclic) bond motifs is 1. The van der Waals surface area contributed by atoms with Crippen molar-refractivity contribution in [3.63, 3.8) is 0 Å². The van der Waals surface area contributed by atoms with E-state index in [1.54, 1.807) is 32.0 Å². The lowest BCUT2D eigenvalue weighted by Crippen LogP contribution is -2.32. The first-order valence-electron chi connectivity index (χ1n) is 11.2. The minimum atomic E-state index is -3.91. The molecule has 7 nitrogen and oxygen atoms in total. The van der Waals surface area contributed by atoms with Gasteiger partial charge in [0.05, 0.1) is 16.1 Å². The molecule has 176 valence electrons. The van der Waals surface area contributed by atoms with E-state index in [9.17, 15) is 17.6 Å². The first-order valence-corrected chi connectivity index (χ1v) is 12.6. The fourth-order valence-corrected chi connectivity index (χ4v) is 6.25. The number of sulfonamides is 1. The van der Waals surface area contributed by atoms with E-state index in [-0.39, 0.29) is 16.5 Å². The summed E-state index contributed by atoms with van der Waals surface area (Å²) in [4.78, 5) is 15.8. The second-order valence-electron chi connectivity index (χ2n) is 8.76. The van der Waals surface area contributed by atoms with Crippen LogP contribution in [0.25, 0.3) is 33.2 Å². The number of pyridine rings is 1. The molecule has 1 aliphatic carbocycles. The molecule has 1 aliphatic rings. The zero-order chi connectivity index (χ0) is 24.0. The van der Waals surface area contributed by atoms with Crippen molar-refractivity contribution in [3.05, 3.63) is 70.1 Å². The Hall–Kier alpha value is -3.30. The van der Waals surface area contributed by atoms with Crippen molar-refractivity contribution >= 4 is 20.9 Å². The molecule has 9 heteroatoms. The summed E-state index contributed by atoms with van der Waals surface area (Å²) in [7, 11) is -3.91. The quantitative estimate of drug-likeness (QED) is 0.425. The largest absolute Gasteiger partial charge is 0.361 e. The summed E-state index contributed by atoms with van der Waals surface area (Å²) in [6.07, 6.45) is 3.54. The molecule has 0 radical (unpaired) electrons. The number of nitrogens with one attached hydrogen (secondary N) is 2. The van der Waals surface area contributed by atoms with Gasteiger partial charge < -0.3 is 9.51 Å². The molecule has 2 heterocycles. The summed E-state index contributed by atoms with van der Waals surface area (Å²) >= 11 is 0. The molecular formula is C25H24FN3O4S. The van der Waals surface area contributed by atoms with E-state index < -0.39 is 21.4 Å². The molecule has 0 unspecified atom stereocenters. The van der Waals surface area contributed by atoms with E-state index in [2.05, 4.69) is 14.9 Å². The normalized spacial score (nSPS) is 14.8. The number of hydrogen-bond acceptors (Lipinski definition) is 5. The monoisotopic (exact) mass is 481 g/mol. The van der Waals surface area contributed by atoms with Gasteiger partial charge in [-0.1, -0.05) is 30.1 Å². The standard InChI is InChI=1S/C25H24FN3O4S/c1-14-24(15(2)33-28-14)17-11-22-21(23(12-17)34(31,32)29-19-5-3-4-6-19)13-20(25(30)27-22)16-7-9-18(26)10-8-16/h7-13,19,29H,3-6H2,1-2H3,(H,27,30). The van der Waals surface area contributed by atoms with Gasteiger partial charge in [0, 0.05) is 22.6 Å². The molecule has 2 N–H and O–H groups in total. The van der Waals surface area contributed by atoms with Crippen LogP contribution in [0.5, 0.6) is 0 Å². The van der Waals surface area contributed by atoms with Crippen LogP contribution >= 0.6 is 0 Å². The second kappa shape index (κ2) is 8.48. The maximum Gasteiger partial charge on any atom is 0.256 e. The molecule has 5 rings (SSSR count). The molecule has 0 aliphatic heterocycles. The van der Waals surface area contributed by atoms with Gasteiger partial charge in [-0.05, 0) is 68.1 Å². The first-order chi connectivity index (χ1) is 16.2. The number of H-pyrrole nitrogens is 1. The van der Waals surface area contributed by atoms with Crippen molar-refractivity contribution < 1.29 is 17.3 Å². The number of aryl methyl sites for hydroxylation is 2. The molecule has 34 heavy (non-hydrogen) atoms. The molecule has 0 atom stereocenters. The molecular weight excluding hydrogens is 457 g/mol. The molecule has 1 fully saturated rings. The molecule has 4 aromatic rings. The van der Waals surface area contributed by atoms with Crippen molar-refractivity contribution in [1.29, 1.82) is 0 Å². The Morgan fingerprint density at radius 1 is 1.06 bits per heavy atom. The number of benzene rings is 2. The Morgan fingerprint density at radius 3 is 2.41 bits per heavy atom. The van der Waals surface area contributed by atoms with Gasteiger partial charge >= 0.3 is 0 Å². The average molecular weight is 482 g/mol. The topological polar surface area (TPSA) is 105 Å². The van der Waals surface area contributed by atoms with Crippen molar-refractivity contribution in [2.45, 2.75) is 50.5 Å². The van der Waals surface area contributed by atoms with E-state index in [4.69, 9.17) is 4.52 Å². The number of halogens is 1. The fourth-order valence-electron chi connectivity index (χ4n) is 4.71. The lowest BCUT2D eigenvalue weighted by molar-refractivity contribution is 0.393. The number of aromatic nitrogens is 2. The zero-order valence-electron chi connectivity index (χ0n) is 18.8. The number of hydrogen-bond donors (Lipinski definition) is 2. The van der Waals surface area contributed by atoms with Crippen LogP contribution in [-0.4, -0.2) is 24.6 Å². The van der Waals surface area contributed by atoms with E-state index >= 15 is 0 Å². The van der Waals surface area contributed by atoms with Crippen LogP contribution in [0.4, 0.5) is 4.39 Å². The van der Waals surface area contributed by atoms with Crippen LogP contribution in [0.1, 0.15) is 37.1 Å².